The van der Waals surface area contributed by atoms with E-state index in [2.05, 4.69) is 67.1 Å². The zero-order valence-corrected chi connectivity index (χ0v) is 14.0. The molecule has 0 aliphatic carbocycles. The standard InChI is InChI=1S/C22H19NO/c1-3-8-14-13-17-15-9-4-6-11-18(15)23(2)21(17)22-20(14)16-10-5-7-12-19(16)24-22/h4-7,9-13H,3,8H2,1-2H3. The third-order valence-corrected chi connectivity index (χ3v) is 5.12. The fourth-order valence-corrected chi connectivity index (χ4v) is 4.09. The van der Waals surface area contributed by atoms with Crippen molar-refractivity contribution in [3.05, 3.63) is 60.2 Å². The number of aromatic nitrogens is 1. The van der Waals surface area contributed by atoms with Gasteiger partial charge in [0.15, 0.2) is 5.58 Å². The summed E-state index contributed by atoms with van der Waals surface area (Å²) >= 11 is 0. The summed E-state index contributed by atoms with van der Waals surface area (Å²) in [6.07, 6.45) is 2.20. The van der Waals surface area contributed by atoms with Crippen LogP contribution in [0.4, 0.5) is 0 Å². The van der Waals surface area contributed by atoms with Gasteiger partial charge in [0, 0.05) is 34.1 Å². The molecule has 0 aliphatic rings. The van der Waals surface area contributed by atoms with Gasteiger partial charge in [-0.25, -0.2) is 0 Å². The molecule has 0 saturated carbocycles. The van der Waals surface area contributed by atoms with Crippen LogP contribution in [0.3, 0.4) is 0 Å². The number of benzene rings is 3. The second kappa shape index (κ2) is 4.88. The molecule has 0 spiro atoms. The summed E-state index contributed by atoms with van der Waals surface area (Å²) in [6.45, 7) is 2.24. The highest BCUT2D eigenvalue weighted by Gasteiger charge is 2.19. The van der Waals surface area contributed by atoms with Gasteiger partial charge in [0.2, 0.25) is 0 Å². The molecule has 0 radical (unpaired) electrons. The Balaban J connectivity index is 2.10. The Labute approximate surface area is 140 Å². The van der Waals surface area contributed by atoms with Gasteiger partial charge in [-0.05, 0) is 30.2 Å². The summed E-state index contributed by atoms with van der Waals surface area (Å²) in [6, 6.07) is 19.4. The lowest BCUT2D eigenvalue weighted by atomic mass is 9.99. The Kier molecular flexibility index (Phi) is 2.78. The van der Waals surface area contributed by atoms with Gasteiger partial charge in [-0.1, -0.05) is 49.7 Å². The van der Waals surface area contributed by atoms with Gasteiger partial charge < -0.3 is 8.98 Å². The van der Waals surface area contributed by atoms with Crippen molar-refractivity contribution < 1.29 is 4.42 Å². The topological polar surface area (TPSA) is 18.1 Å². The van der Waals surface area contributed by atoms with E-state index >= 15 is 0 Å². The highest BCUT2D eigenvalue weighted by Crippen LogP contribution is 2.40. The lowest BCUT2D eigenvalue weighted by Gasteiger charge is -2.05. The van der Waals surface area contributed by atoms with E-state index in [0.717, 1.165) is 24.0 Å². The third-order valence-electron chi connectivity index (χ3n) is 5.12. The number of fused-ring (bicyclic) bond motifs is 7. The minimum Gasteiger partial charge on any atom is -0.454 e. The van der Waals surface area contributed by atoms with Crippen LogP contribution in [0.15, 0.2) is 59.0 Å². The molecule has 0 aliphatic heterocycles. The first-order valence-corrected chi connectivity index (χ1v) is 8.60. The molecule has 118 valence electrons. The van der Waals surface area contributed by atoms with Crippen molar-refractivity contribution in [2.24, 2.45) is 7.05 Å². The summed E-state index contributed by atoms with van der Waals surface area (Å²) in [4.78, 5) is 0. The highest BCUT2D eigenvalue weighted by atomic mass is 16.3. The van der Waals surface area contributed by atoms with Crippen LogP contribution in [0, 0.1) is 0 Å². The maximum absolute atomic E-state index is 6.34. The number of aryl methyl sites for hydroxylation is 2. The average Bonchev–Trinajstić information content (AvgIpc) is 3.12. The fraction of sp³-hybridized carbons (Fsp3) is 0.182. The van der Waals surface area contributed by atoms with Gasteiger partial charge in [0.1, 0.15) is 5.58 Å². The summed E-state index contributed by atoms with van der Waals surface area (Å²) in [5.74, 6) is 0. The Morgan fingerprint density at radius 1 is 0.917 bits per heavy atom. The minimum atomic E-state index is 0.975. The summed E-state index contributed by atoms with van der Waals surface area (Å²) in [5, 5.41) is 5.10. The summed E-state index contributed by atoms with van der Waals surface area (Å²) in [5.41, 5.74) is 5.84. The molecular formula is C22H19NO. The molecular weight excluding hydrogens is 294 g/mol. The molecule has 0 atom stereocenters. The molecule has 5 rings (SSSR count). The van der Waals surface area contributed by atoms with Crippen LogP contribution in [0.2, 0.25) is 0 Å². The molecule has 2 nitrogen and oxygen atoms in total. The van der Waals surface area contributed by atoms with Crippen molar-refractivity contribution in [2.45, 2.75) is 19.8 Å². The van der Waals surface area contributed by atoms with Crippen molar-refractivity contribution in [3.8, 4) is 0 Å². The van der Waals surface area contributed by atoms with Crippen molar-refractivity contribution in [3.63, 3.8) is 0 Å². The smallest absolute Gasteiger partial charge is 0.159 e. The van der Waals surface area contributed by atoms with Gasteiger partial charge in [0.05, 0.1) is 5.52 Å². The van der Waals surface area contributed by atoms with E-state index < -0.39 is 0 Å². The predicted molar refractivity (Wildman–Crippen MR) is 102 cm³/mol. The van der Waals surface area contributed by atoms with E-state index in [4.69, 9.17) is 4.42 Å². The van der Waals surface area contributed by atoms with Crippen LogP contribution in [0.25, 0.3) is 43.7 Å². The largest absolute Gasteiger partial charge is 0.454 e. The van der Waals surface area contributed by atoms with Crippen molar-refractivity contribution in [1.82, 2.24) is 4.57 Å². The predicted octanol–water partition coefficient (Wildman–Crippen LogP) is 6.18. The van der Waals surface area contributed by atoms with Crippen molar-refractivity contribution in [2.75, 3.05) is 0 Å². The Hall–Kier alpha value is -2.74. The molecule has 3 aromatic carbocycles. The maximum Gasteiger partial charge on any atom is 0.159 e. The van der Waals surface area contributed by atoms with E-state index in [0.29, 0.717) is 0 Å². The zero-order valence-electron chi connectivity index (χ0n) is 14.0. The highest BCUT2D eigenvalue weighted by molar-refractivity contribution is 6.21. The van der Waals surface area contributed by atoms with Crippen LogP contribution < -0.4 is 0 Å². The Morgan fingerprint density at radius 3 is 2.50 bits per heavy atom. The number of rotatable bonds is 2. The van der Waals surface area contributed by atoms with E-state index in [1.165, 1.54) is 38.1 Å². The summed E-state index contributed by atoms with van der Waals surface area (Å²) in [7, 11) is 2.14. The van der Waals surface area contributed by atoms with Gasteiger partial charge in [-0.2, -0.15) is 0 Å². The van der Waals surface area contributed by atoms with Gasteiger partial charge in [-0.3, -0.25) is 0 Å². The first-order chi connectivity index (χ1) is 11.8. The molecule has 5 aromatic rings. The molecule has 0 saturated heterocycles. The van der Waals surface area contributed by atoms with Crippen LogP contribution in [-0.2, 0) is 13.5 Å². The first-order valence-electron chi connectivity index (χ1n) is 8.60. The van der Waals surface area contributed by atoms with E-state index in [-0.39, 0.29) is 0 Å². The molecule has 2 heterocycles. The maximum atomic E-state index is 6.34. The van der Waals surface area contributed by atoms with Crippen molar-refractivity contribution in [1.29, 1.82) is 0 Å². The van der Waals surface area contributed by atoms with E-state index in [1.54, 1.807) is 0 Å². The van der Waals surface area contributed by atoms with Crippen LogP contribution >= 0.6 is 0 Å². The number of para-hydroxylation sites is 2. The first kappa shape index (κ1) is 13.7. The number of hydrogen-bond donors (Lipinski definition) is 0. The SMILES string of the molecule is CCCc1cc2c3ccccc3n(C)c2c2oc3ccccc3c12. The van der Waals surface area contributed by atoms with Crippen LogP contribution in [-0.4, -0.2) is 4.57 Å². The van der Waals surface area contributed by atoms with Crippen molar-refractivity contribution >= 4 is 43.7 Å². The van der Waals surface area contributed by atoms with E-state index in [9.17, 15) is 0 Å². The molecule has 24 heavy (non-hydrogen) atoms. The van der Waals surface area contributed by atoms with Gasteiger partial charge in [0.25, 0.3) is 0 Å². The van der Waals surface area contributed by atoms with Crippen LogP contribution in [0.1, 0.15) is 18.9 Å². The average molecular weight is 313 g/mol. The molecule has 0 bridgehead atoms. The molecule has 2 heteroatoms. The number of furan rings is 1. The lowest BCUT2D eigenvalue weighted by molar-refractivity contribution is 0.670. The lowest BCUT2D eigenvalue weighted by Crippen LogP contribution is -1.89. The Bertz CT molecular complexity index is 1220. The second-order valence-corrected chi connectivity index (χ2v) is 6.56. The number of nitrogens with zero attached hydrogens (tertiary/aromatic N) is 1. The summed E-state index contributed by atoms with van der Waals surface area (Å²) < 4.78 is 8.61. The second-order valence-electron chi connectivity index (χ2n) is 6.56. The quantitative estimate of drug-likeness (QED) is 0.380. The number of hydrogen-bond acceptors (Lipinski definition) is 1. The fourth-order valence-electron chi connectivity index (χ4n) is 4.09. The molecule has 0 amide bonds. The van der Waals surface area contributed by atoms with Gasteiger partial charge in [-0.15, -0.1) is 0 Å². The zero-order chi connectivity index (χ0) is 16.3. The molecule has 0 fully saturated rings. The molecule has 0 N–H and O–H groups in total. The van der Waals surface area contributed by atoms with Gasteiger partial charge >= 0.3 is 0 Å². The monoisotopic (exact) mass is 313 g/mol. The minimum absolute atomic E-state index is 0.975. The van der Waals surface area contributed by atoms with E-state index in [1.807, 2.05) is 6.07 Å². The molecule has 2 aromatic heterocycles. The molecule has 0 unspecified atom stereocenters. The van der Waals surface area contributed by atoms with Crippen LogP contribution in [0.5, 0.6) is 0 Å². The third kappa shape index (κ3) is 1.66. The normalized spacial score (nSPS) is 12.1. The Morgan fingerprint density at radius 2 is 1.67 bits per heavy atom.